The van der Waals surface area contributed by atoms with E-state index < -0.39 is 18.0 Å². The maximum absolute atomic E-state index is 14.0. The molecule has 1 saturated heterocycles. The third-order valence-corrected chi connectivity index (χ3v) is 8.99. The Labute approximate surface area is 272 Å². The summed E-state index contributed by atoms with van der Waals surface area (Å²) in [5, 5.41) is 29.4. The van der Waals surface area contributed by atoms with Crippen LogP contribution in [0.4, 0.5) is 9.93 Å². The normalized spacial score (nSPS) is 16.2. The summed E-state index contributed by atoms with van der Waals surface area (Å²) in [6, 6.07) is 13.5. The van der Waals surface area contributed by atoms with Gasteiger partial charge in [-0.2, -0.15) is 0 Å². The average molecular weight is 673 g/mol. The molecule has 0 bridgehead atoms. The molecule has 1 aromatic heterocycles. The number of anilines is 1. The summed E-state index contributed by atoms with van der Waals surface area (Å²) in [5.41, 5.74) is 8.71. The van der Waals surface area contributed by atoms with Crippen molar-refractivity contribution in [3.05, 3.63) is 81.3 Å². The van der Waals surface area contributed by atoms with Crippen molar-refractivity contribution in [1.29, 1.82) is 0 Å². The summed E-state index contributed by atoms with van der Waals surface area (Å²) in [6.07, 6.45) is 0.0583. The molecule has 6 N–H and O–H groups in total. The number of nitrogen functional groups attached to an aromatic ring is 1. The molecular formula is C30H31Cl2N7O5S. The topological polar surface area (TPSA) is 164 Å². The lowest BCUT2D eigenvalue weighted by Gasteiger charge is -2.32. The second kappa shape index (κ2) is 13.8. The fourth-order valence-corrected chi connectivity index (χ4v) is 6.13. The fourth-order valence-electron chi connectivity index (χ4n) is 5.02. The Bertz CT molecular complexity index is 1750. The maximum atomic E-state index is 14.0. The lowest BCUT2D eigenvalue weighted by Crippen LogP contribution is -2.53. The van der Waals surface area contributed by atoms with Crippen molar-refractivity contribution in [2.45, 2.75) is 25.6 Å². The Hall–Kier alpha value is -4.30. The first-order chi connectivity index (χ1) is 21.5. The fraction of sp³-hybridized carbons (Fsp3) is 0.267. The first-order valence-corrected chi connectivity index (χ1v) is 15.5. The van der Waals surface area contributed by atoms with Gasteiger partial charge in [-0.15, -0.1) is 0 Å². The number of nitrogens with one attached hydrogen (secondary N) is 2. The molecule has 1 aliphatic heterocycles. The van der Waals surface area contributed by atoms with Crippen LogP contribution in [0.5, 0.6) is 11.5 Å². The van der Waals surface area contributed by atoms with E-state index in [9.17, 15) is 24.6 Å². The molecule has 0 saturated carbocycles. The Morgan fingerprint density at radius 2 is 1.87 bits per heavy atom. The zero-order valence-corrected chi connectivity index (χ0v) is 26.5. The van der Waals surface area contributed by atoms with Crippen LogP contribution in [-0.4, -0.2) is 80.7 Å². The van der Waals surface area contributed by atoms with Gasteiger partial charge in [-0.25, -0.2) is 14.8 Å². The van der Waals surface area contributed by atoms with Gasteiger partial charge in [-0.1, -0.05) is 58.8 Å². The van der Waals surface area contributed by atoms with Crippen LogP contribution in [0.2, 0.25) is 10.0 Å². The van der Waals surface area contributed by atoms with Crippen LogP contribution in [-0.2, 0) is 29.1 Å². The second-order valence-electron chi connectivity index (χ2n) is 10.5. The van der Waals surface area contributed by atoms with Crippen molar-refractivity contribution in [1.82, 2.24) is 30.5 Å². The number of hydrogen-bond donors (Lipinski definition) is 5. The first kappa shape index (κ1) is 32.1. The number of carbonyl (C=O) groups is 3. The Morgan fingerprint density at radius 3 is 2.62 bits per heavy atom. The molecule has 15 heteroatoms. The van der Waals surface area contributed by atoms with E-state index in [0.717, 1.165) is 15.8 Å². The molecule has 45 heavy (non-hydrogen) atoms. The third-order valence-electron chi connectivity index (χ3n) is 7.41. The number of hydrogen-bond acceptors (Lipinski definition) is 9. The van der Waals surface area contributed by atoms with E-state index in [1.165, 1.54) is 35.5 Å². The van der Waals surface area contributed by atoms with Crippen LogP contribution >= 0.6 is 34.5 Å². The number of benzene rings is 3. The van der Waals surface area contributed by atoms with Crippen LogP contribution in [0.25, 0.3) is 10.2 Å². The molecule has 4 amide bonds. The minimum absolute atomic E-state index is 0.0583. The molecule has 0 aliphatic carbocycles. The molecule has 236 valence electrons. The molecular weight excluding hydrogens is 641 g/mol. The average Bonchev–Trinajstić information content (AvgIpc) is 3.41. The van der Waals surface area contributed by atoms with Crippen molar-refractivity contribution >= 4 is 67.7 Å². The van der Waals surface area contributed by atoms with Crippen LogP contribution < -0.4 is 16.4 Å². The zero-order chi connectivity index (χ0) is 32.2. The Balaban J connectivity index is 1.38. The van der Waals surface area contributed by atoms with Crippen LogP contribution in [0.1, 0.15) is 16.7 Å². The van der Waals surface area contributed by atoms with Crippen molar-refractivity contribution in [3.63, 3.8) is 0 Å². The van der Waals surface area contributed by atoms with E-state index in [2.05, 4.69) is 15.6 Å². The molecule has 0 spiro atoms. The number of amides is 4. The SMILES string of the molecule is CN(C(=O)NCc1ccc(Cl)c(Cl)c1)N1CCN(Cc2cccc3sc(N)nc23)C(=O)[C@H](Cc2ccc(O)c(O)c2)NC(=O)C1. The summed E-state index contributed by atoms with van der Waals surface area (Å²) in [6.45, 7) is 0.483. The minimum Gasteiger partial charge on any atom is -0.504 e. The quantitative estimate of drug-likeness (QED) is 0.186. The van der Waals surface area contributed by atoms with Crippen LogP contribution in [0.15, 0.2) is 54.6 Å². The number of rotatable bonds is 7. The molecule has 2 heterocycles. The number of halogens is 2. The van der Waals surface area contributed by atoms with Gasteiger partial charge in [0, 0.05) is 39.6 Å². The Kier molecular flexibility index (Phi) is 9.83. The van der Waals surface area contributed by atoms with Crippen molar-refractivity contribution < 1.29 is 24.6 Å². The highest BCUT2D eigenvalue weighted by Crippen LogP contribution is 2.28. The minimum atomic E-state index is -0.991. The number of aromatic nitrogens is 1. The molecule has 12 nitrogen and oxygen atoms in total. The number of thiazole rings is 1. The van der Waals surface area contributed by atoms with Gasteiger partial charge in [-0.05, 0) is 47.0 Å². The van der Waals surface area contributed by atoms with E-state index in [4.69, 9.17) is 28.9 Å². The molecule has 1 atom stereocenters. The van der Waals surface area contributed by atoms with Crippen molar-refractivity contribution in [2.75, 3.05) is 32.4 Å². The van der Waals surface area contributed by atoms with E-state index in [1.807, 2.05) is 18.2 Å². The van der Waals surface area contributed by atoms with Gasteiger partial charge in [0.25, 0.3) is 0 Å². The number of nitrogens with zero attached hydrogens (tertiary/aromatic N) is 4. The number of urea groups is 1. The smallest absolute Gasteiger partial charge is 0.331 e. The van der Waals surface area contributed by atoms with Gasteiger partial charge < -0.3 is 31.5 Å². The molecule has 1 fully saturated rings. The monoisotopic (exact) mass is 671 g/mol. The lowest BCUT2D eigenvalue weighted by atomic mass is 10.0. The standard InChI is InChI=1S/C30H31Cl2N7O5S/c1-37(30(44)34-14-18-5-7-20(31)21(32)11-18)39-10-9-38(15-19-3-2-4-25-27(19)36-29(33)45-25)28(43)22(35-26(42)16-39)12-17-6-8-23(40)24(41)13-17/h2-8,11,13,22,40-41H,9-10,12,14-16H2,1H3,(H2,33,36)(H,34,44)(H,35,42)/t22-/m0/s1. The molecule has 5 rings (SSSR count). The van der Waals surface area contributed by atoms with E-state index >= 15 is 0 Å². The molecule has 4 aromatic rings. The van der Waals surface area contributed by atoms with E-state index in [0.29, 0.717) is 26.3 Å². The predicted octanol–water partition coefficient (Wildman–Crippen LogP) is 3.72. The summed E-state index contributed by atoms with van der Waals surface area (Å²) in [7, 11) is 1.54. The third kappa shape index (κ3) is 7.68. The number of phenolic OH excluding ortho intramolecular Hbond substituents is 2. The van der Waals surface area contributed by atoms with Gasteiger partial charge in [0.05, 0.1) is 26.8 Å². The number of aromatic hydroxyl groups is 2. The van der Waals surface area contributed by atoms with Gasteiger partial charge in [0.15, 0.2) is 16.6 Å². The summed E-state index contributed by atoms with van der Waals surface area (Å²) < 4.78 is 0.881. The lowest BCUT2D eigenvalue weighted by molar-refractivity contribution is -0.136. The van der Waals surface area contributed by atoms with Gasteiger partial charge in [0.1, 0.15) is 6.04 Å². The summed E-state index contributed by atoms with van der Waals surface area (Å²) in [4.78, 5) is 46.5. The number of phenols is 2. The van der Waals surface area contributed by atoms with E-state index in [-0.39, 0.29) is 56.6 Å². The highest BCUT2D eigenvalue weighted by molar-refractivity contribution is 7.22. The van der Waals surface area contributed by atoms with E-state index in [1.54, 1.807) is 34.2 Å². The maximum Gasteiger partial charge on any atom is 0.331 e. The number of carbonyl (C=O) groups excluding carboxylic acids is 3. The molecule has 0 unspecified atom stereocenters. The van der Waals surface area contributed by atoms with Gasteiger partial charge in [0.2, 0.25) is 11.8 Å². The number of fused-ring (bicyclic) bond motifs is 1. The zero-order valence-electron chi connectivity index (χ0n) is 24.2. The molecule has 1 aliphatic rings. The second-order valence-corrected chi connectivity index (χ2v) is 12.4. The summed E-state index contributed by atoms with van der Waals surface area (Å²) in [5.74, 6) is -1.46. The molecule has 0 radical (unpaired) electrons. The predicted molar refractivity (Wildman–Crippen MR) is 173 cm³/mol. The van der Waals surface area contributed by atoms with Crippen LogP contribution in [0.3, 0.4) is 0 Å². The Morgan fingerprint density at radius 1 is 1.09 bits per heavy atom. The largest absolute Gasteiger partial charge is 0.504 e. The molecule has 3 aromatic carbocycles. The van der Waals surface area contributed by atoms with Gasteiger partial charge in [-0.3, -0.25) is 14.6 Å². The summed E-state index contributed by atoms with van der Waals surface area (Å²) >= 11 is 13.4. The highest BCUT2D eigenvalue weighted by atomic mass is 35.5. The number of hydrazine groups is 1. The van der Waals surface area contributed by atoms with Gasteiger partial charge >= 0.3 is 6.03 Å². The van der Waals surface area contributed by atoms with Crippen LogP contribution in [0, 0.1) is 0 Å². The number of nitrogens with two attached hydrogens (primary N) is 1. The first-order valence-electron chi connectivity index (χ1n) is 13.9. The number of para-hydroxylation sites is 1. The highest BCUT2D eigenvalue weighted by Gasteiger charge is 2.32. The van der Waals surface area contributed by atoms with Crippen molar-refractivity contribution in [3.8, 4) is 11.5 Å². The van der Waals surface area contributed by atoms with Crippen molar-refractivity contribution in [2.24, 2.45) is 0 Å².